The maximum atomic E-state index is 5.82. The van der Waals surface area contributed by atoms with Crippen molar-refractivity contribution in [3.63, 3.8) is 0 Å². The average Bonchev–Trinajstić information content (AvgIpc) is 2.53. The summed E-state index contributed by atoms with van der Waals surface area (Å²) >= 11 is 7.55. The SMILES string of the molecule is Cc1cscc1-c1ccc(Cl)cc1. The average molecular weight is 209 g/mol. The van der Waals surface area contributed by atoms with Gasteiger partial charge in [-0.15, -0.1) is 0 Å². The van der Waals surface area contributed by atoms with Crippen LogP contribution >= 0.6 is 22.9 Å². The number of aryl methyl sites for hydroxylation is 1. The van der Waals surface area contributed by atoms with Gasteiger partial charge in [0.05, 0.1) is 0 Å². The second-order valence-electron chi connectivity index (χ2n) is 2.98. The zero-order valence-corrected chi connectivity index (χ0v) is 8.82. The fraction of sp³-hybridized carbons (Fsp3) is 0.0909. The van der Waals surface area contributed by atoms with Gasteiger partial charge < -0.3 is 0 Å². The normalized spacial score (nSPS) is 10.3. The lowest BCUT2D eigenvalue weighted by Crippen LogP contribution is -1.75. The fourth-order valence-corrected chi connectivity index (χ4v) is 2.27. The van der Waals surface area contributed by atoms with E-state index in [9.17, 15) is 0 Å². The van der Waals surface area contributed by atoms with Gasteiger partial charge in [-0.2, -0.15) is 11.3 Å². The molecule has 0 fully saturated rings. The van der Waals surface area contributed by atoms with Gasteiger partial charge in [-0.25, -0.2) is 0 Å². The number of hydrogen-bond donors (Lipinski definition) is 0. The lowest BCUT2D eigenvalue weighted by molar-refractivity contribution is 1.53. The van der Waals surface area contributed by atoms with E-state index in [1.165, 1.54) is 16.7 Å². The Bertz CT molecular complexity index is 400. The van der Waals surface area contributed by atoms with E-state index >= 15 is 0 Å². The first kappa shape index (κ1) is 8.79. The van der Waals surface area contributed by atoms with Gasteiger partial charge in [0.25, 0.3) is 0 Å². The van der Waals surface area contributed by atoms with Crippen molar-refractivity contribution in [2.24, 2.45) is 0 Å². The Morgan fingerprint density at radius 1 is 1.08 bits per heavy atom. The smallest absolute Gasteiger partial charge is 0.0406 e. The van der Waals surface area contributed by atoms with Crippen LogP contribution in [0, 0.1) is 6.92 Å². The minimum atomic E-state index is 0.789. The summed E-state index contributed by atoms with van der Waals surface area (Å²) in [4.78, 5) is 0. The second-order valence-corrected chi connectivity index (χ2v) is 4.16. The predicted molar refractivity (Wildman–Crippen MR) is 59.5 cm³/mol. The summed E-state index contributed by atoms with van der Waals surface area (Å²) in [6.07, 6.45) is 0. The van der Waals surface area contributed by atoms with Crippen LogP contribution in [0.4, 0.5) is 0 Å². The molecular formula is C11H9ClS. The van der Waals surface area contributed by atoms with Gasteiger partial charge in [0.2, 0.25) is 0 Å². The Morgan fingerprint density at radius 2 is 1.77 bits per heavy atom. The van der Waals surface area contributed by atoms with Crippen molar-refractivity contribution in [3.05, 3.63) is 45.6 Å². The number of halogens is 1. The molecule has 0 unspecified atom stereocenters. The van der Waals surface area contributed by atoms with E-state index in [4.69, 9.17) is 11.6 Å². The first-order chi connectivity index (χ1) is 6.27. The molecule has 0 radical (unpaired) electrons. The number of benzene rings is 1. The molecule has 0 saturated heterocycles. The Labute approximate surface area is 86.8 Å². The van der Waals surface area contributed by atoms with Crippen molar-refractivity contribution in [2.75, 3.05) is 0 Å². The highest BCUT2D eigenvalue weighted by Crippen LogP contribution is 2.27. The first-order valence-corrected chi connectivity index (χ1v) is 5.38. The number of hydrogen-bond acceptors (Lipinski definition) is 1. The third-order valence-electron chi connectivity index (χ3n) is 2.01. The summed E-state index contributed by atoms with van der Waals surface area (Å²) < 4.78 is 0. The van der Waals surface area contributed by atoms with Crippen molar-refractivity contribution in [2.45, 2.75) is 6.92 Å². The lowest BCUT2D eigenvalue weighted by atomic mass is 10.1. The minimum Gasteiger partial charge on any atom is -0.151 e. The Morgan fingerprint density at radius 3 is 2.31 bits per heavy atom. The molecule has 0 spiro atoms. The summed E-state index contributed by atoms with van der Waals surface area (Å²) in [6, 6.07) is 7.96. The van der Waals surface area contributed by atoms with Crippen molar-refractivity contribution in [1.29, 1.82) is 0 Å². The van der Waals surface area contributed by atoms with Gasteiger partial charge in [-0.05, 0) is 46.5 Å². The third-order valence-corrected chi connectivity index (χ3v) is 3.12. The first-order valence-electron chi connectivity index (χ1n) is 4.06. The summed E-state index contributed by atoms with van der Waals surface area (Å²) in [5.74, 6) is 0. The molecule has 0 saturated carbocycles. The quantitative estimate of drug-likeness (QED) is 0.653. The largest absolute Gasteiger partial charge is 0.151 e. The van der Waals surface area contributed by atoms with Crippen LogP contribution in [0.2, 0.25) is 5.02 Å². The van der Waals surface area contributed by atoms with Crippen molar-refractivity contribution < 1.29 is 0 Å². The number of thiophene rings is 1. The molecule has 1 aromatic heterocycles. The molecule has 0 bridgehead atoms. The van der Waals surface area contributed by atoms with Crippen LogP contribution in [0.1, 0.15) is 5.56 Å². The molecule has 0 aliphatic carbocycles. The van der Waals surface area contributed by atoms with E-state index in [1.54, 1.807) is 11.3 Å². The third kappa shape index (κ3) is 1.77. The number of rotatable bonds is 1. The van der Waals surface area contributed by atoms with E-state index in [2.05, 4.69) is 29.8 Å². The monoisotopic (exact) mass is 208 g/mol. The molecule has 13 heavy (non-hydrogen) atoms. The highest BCUT2D eigenvalue weighted by atomic mass is 35.5. The molecule has 0 aliphatic heterocycles. The van der Waals surface area contributed by atoms with Crippen molar-refractivity contribution in [3.8, 4) is 11.1 Å². The van der Waals surface area contributed by atoms with Gasteiger partial charge in [0.1, 0.15) is 0 Å². The van der Waals surface area contributed by atoms with Crippen molar-refractivity contribution >= 4 is 22.9 Å². The van der Waals surface area contributed by atoms with Crippen LogP contribution in [-0.2, 0) is 0 Å². The summed E-state index contributed by atoms with van der Waals surface area (Å²) in [5.41, 5.74) is 3.87. The topological polar surface area (TPSA) is 0 Å². The summed E-state index contributed by atoms with van der Waals surface area (Å²) in [6.45, 7) is 2.13. The zero-order valence-electron chi connectivity index (χ0n) is 7.25. The van der Waals surface area contributed by atoms with E-state index in [0.29, 0.717) is 0 Å². The molecule has 2 rings (SSSR count). The van der Waals surface area contributed by atoms with Gasteiger partial charge in [-0.3, -0.25) is 0 Å². The Balaban J connectivity index is 2.47. The molecule has 0 atom stereocenters. The molecule has 0 N–H and O–H groups in total. The standard InChI is InChI=1S/C11H9ClS/c1-8-6-13-7-11(8)9-2-4-10(12)5-3-9/h2-7H,1H3. The molecular weight excluding hydrogens is 200 g/mol. The van der Waals surface area contributed by atoms with Crippen LogP contribution in [0.25, 0.3) is 11.1 Å². The van der Waals surface area contributed by atoms with Gasteiger partial charge in [-0.1, -0.05) is 23.7 Å². The van der Waals surface area contributed by atoms with Crippen molar-refractivity contribution in [1.82, 2.24) is 0 Å². The Kier molecular flexibility index (Phi) is 2.38. The lowest BCUT2D eigenvalue weighted by Gasteiger charge is -1.99. The van der Waals surface area contributed by atoms with E-state index in [1.807, 2.05) is 12.1 Å². The van der Waals surface area contributed by atoms with E-state index in [-0.39, 0.29) is 0 Å². The molecule has 2 aromatic rings. The summed E-state index contributed by atoms with van der Waals surface area (Å²) in [7, 11) is 0. The summed E-state index contributed by atoms with van der Waals surface area (Å²) in [5, 5.41) is 5.11. The molecule has 0 aliphatic rings. The van der Waals surface area contributed by atoms with E-state index < -0.39 is 0 Å². The fourth-order valence-electron chi connectivity index (χ4n) is 1.29. The Hall–Kier alpha value is -0.790. The molecule has 0 amide bonds. The molecule has 0 nitrogen and oxygen atoms in total. The van der Waals surface area contributed by atoms with Crippen LogP contribution in [0.15, 0.2) is 35.0 Å². The van der Waals surface area contributed by atoms with Crippen LogP contribution < -0.4 is 0 Å². The van der Waals surface area contributed by atoms with Gasteiger partial charge in [0, 0.05) is 5.02 Å². The van der Waals surface area contributed by atoms with Crippen LogP contribution in [0.3, 0.4) is 0 Å². The highest BCUT2D eigenvalue weighted by molar-refractivity contribution is 7.08. The van der Waals surface area contributed by atoms with Crippen LogP contribution in [0.5, 0.6) is 0 Å². The zero-order chi connectivity index (χ0) is 9.26. The van der Waals surface area contributed by atoms with Gasteiger partial charge in [0.15, 0.2) is 0 Å². The second kappa shape index (κ2) is 3.52. The predicted octanol–water partition coefficient (Wildman–Crippen LogP) is 4.38. The minimum absolute atomic E-state index is 0.789. The maximum Gasteiger partial charge on any atom is 0.0406 e. The molecule has 66 valence electrons. The molecule has 1 aromatic carbocycles. The van der Waals surface area contributed by atoms with Gasteiger partial charge >= 0.3 is 0 Å². The highest BCUT2D eigenvalue weighted by Gasteiger charge is 2.01. The van der Waals surface area contributed by atoms with Crippen LogP contribution in [-0.4, -0.2) is 0 Å². The molecule has 1 heterocycles. The molecule has 2 heteroatoms. The maximum absolute atomic E-state index is 5.82. The van der Waals surface area contributed by atoms with E-state index in [0.717, 1.165) is 5.02 Å².